The van der Waals surface area contributed by atoms with Crippen molar-refractivity contribution in [3.63, 3.8) is 0 Å². The minimum Gasteiger partial charge on any atom is -0.545 e. The zero-order chi connectivity index (χ0) is 46.4. The van der Waals surface area contributed by atoms with Crippen LogP contribution in [0.5, 0.6) is 0 Å². The predicted octanol–water partition coefficient (Wildman–Crippen LogP) is -0.520. The molecule has 0 amide bonds. The Kier molecular flexibility index (Phi) is 19.7. The van der Waals surface area contributed by atoms with Crippen LogP contribution in [-0.2, 0) is 26.2 Å². The van der Waals surface area contributed by atoms with Crippen LogP contribution in [0.4, 0.5) is 11.6 Å². The van der Waals surface area contributed by atoms with Gasteiger partial charge in [0, 0.05) is 36.6 Å². The normalized spacial score (nSPS) is 10.5. The van der Waals surface area contributed by atoms with E-state index in [2.05, 4.69) is 54.4 Å². The number of hydrogen-bond acceptors (Lipinski definition) is 16. The molecule has 0 aliphatic rings. The molecule has 0 spiro atoms. The summed E-state index contributed by atoms with van der Waals surface area (Å²) >= 11 is 0. The van der Waals surface area contributed by atoms with Gasteiger partial charge in [-0.1, -0.05) is 124 Å². The molecule has 336 valence electrons. The maximum absolute atomic E-state index is 11.8. The van der Waals surface area contributed by atoms with Gasteiger partial charge in [0.05, 0.1) is 36.2 Å². The number of rotatable bonds is 18. The number of carbonyl (C=O) groups excluding carboxylic acids is 2. The molecule has 4 heterocycles. The fraction of sp³-hybridized carbons (Fsp3) is 0.208. The molecule has 0 saturated carbocycles. The SMILES string of the molecule is CCCCn1oc(=O)nc1-c1ccccc1-c1ccc(CNc2ncncc2C(=O)[O-])cc1.CCCCn1oc(=O)nc1-c1ccccc1-c1ccc(CNc2ncncc2C(=O)[O-])cc1.[Na+].[Na+]. The first-order valence-corrected chi connectivity index (χ1v) is 21.2. The number of nitrogens with one attached hydrogen (secondary N) is 2. The van der Waals surface area contributed by atoms with E-state index in [1.165, 1.54) is 25.0 Å². The molecule has 18 nitrogen and oxygen atoms in total. The van der Waals surface area contributed by atoms with E-state index in [0.29, 0.717) is 37.8 Å². The number of unbranched alkanes of at least 4 members (excludes halogenated alkanes) is 2. The van der Waals surface area contributed by atoms with Crippen LogP contribution in [-0.4, -0.2) is 51.3 Å². The number of carbonyl (C=O) groups is 2. The Hall–Kier alpha value is -6.54. The Morgan fingerprint density at radius 3 is 1.28 bits per heavy atom. The van der Waals surface area contributed by atoms with Gasteiger partial charge in [-0.2, -0.15) is 19.4 Å². The van der Waals surface area contributed by atoms with Gasteiger partial charge in [0.1, 0.15) is 24.3 Å². The quantitative estimate of drug-likeness (QED) is 0.103. The summed E-state index contributed by atoms with van der Waals surface area (Å²) < 4.78 is 13.6. The Balaban J connectivity index is 0.000000247. The summed E-state index contributed by atoms with van der Waals surface area (Å²) in [7, 11) is 0. The molecule has 8 rings (SSSR count). The number of anilines is 2. The van der Waals surface area contributed by atoms with Crippen LogP contribution < -0.4 is 91.5 Å². The molecule has 0 radical (unpaired) electrons. The van der Waals surface area contributed by atoms with Crippen LogP contribution in [0.2, 0.25) is 0 Å². The maximum atomic E-state index is 11.8. The van der Waals surface area contributed by atoms with E-state index in [4.69, 9.17) is 9.05 Å². The van der Waals surface area contributed by atoms with E-state index in [0.717, 1.165) is 70.2 Å². The molecular weight excluding hydrogens is 891 g/mol. The minimum atomic E-state index is -1.34. The van der Waals surface area contributed by atoms with Gasteiger partial charge in [0.15, 0.2) is 11.6 Å². The summed E-state index contributed by atoms with van der Waals surface area (Å²) in [6, 6.07) is 31.0. The molecule has 20 heteroatoms. The van der Waals surface area contributed by atoms with E-state index in [1.54, 1.807) is 9.48 Å². The number of nitrogens with zero attached hydrogens (tertiary/aromatic N) is 8. The van der Waals surface area contributed by atoms with Gasteiger partial charge in [0.2, 0.25) is 0 Å². The molecule has 0 aliphatic heterocycles. The first kappa shape index (κ1) is 52.4. The zero-order valence-corrected chi connectivity index (χ0v) is 42.0. The van der Waals surface area contributed by atoms with Gasteiger partial charge in [-0.25, -0.2) is 29.5 Å². The van der Waals surface area contributed by atoms with Gasteiger partial charge in [-0.05, 0) is 46.2 Å². The molecule has 0 unspecified atom stereocenters. The molecule has 0 fully saturated rings. The van der Waals surface area contributed by atoms with Crippen LogP contribution in [0.15, 0.2) is 141 Å². The third-order valence-electron chi connectivity index (χ3n) is 10.3. The van der Waals surface area contributed by atoms with Crippen molar-refractivity contribution in [1.82, 2.24) is 39.4 Å². The Morgan fingerprint density at radius 1 is 0.559 bits per heavy atom. The minimum absolute atomic E-state index is 0. The molecule has 4 aromatic carbocycles. The van der Waals surface area contributed by atoms with E-state index in [1.807, 2.05) is 97.1 Å². The van der Waals surface area contributed by atoms with Crippen LogP contribution in [0.3, 0.4) is 0 Å². The molecule has 68 heavy (non-hydrogen) atoms. The zero-order valence-electron chi connectivity index (χ0n) is 38.0. The largest absolute Gasteiger partial charge is 1.00 e. The summed E-state index contributed by atoms with van der Waals surface area (Å²) in [5, 5.41) is 28.4. The van der Waals surface area contributed by atoms with Crippen molar-refractivity contribution in [2.75, 3.05) is 10.6 Å². The summed E-state index contributed by atoms with van der Waals surface area (Å²) in [5.74, 6) is -2.48. The van der Waals surface area contributed by atoms with Crippen molar-refractivity contribution in [2.24, 2.45) is 0 Å². The second-order valence-corrected chi connectivity index (χ2v) is 14.8. The van der Waals surface area contributed by atoms with E-state index >= 15 is 0 Å². The smallest absolute Gasteiger partial charge is 0.545 e. The molecule has 0 aliphatic carbocycles. The summed E-state index contributed by atoms with van der Waals surface area (Å²) in [5.41, 5.74) is 7.04. The second-order valence-electron chi connectivity index (χ2n) is 14.8. The number of carboxylic acid groups (broad SMARTS) is 2. The van der Waals surface area contributed by atoms with Crippen molar-refractivity contribution in [2.45, 2.75) is 65.7 Å². The van der Waals surface area contributed by atoms with Crippen molar-refractivity contribution in [1.29, 1.82) is 0 Å². The average Bonchev–Trinajstić information content (AvgIpc) is 3.92. The number of aryl methyl sites for hydroxylation is 2. The topological polar surface area (TPSA) is 252 Å². The molecule has 2 N–H and O–H groups in total. The number of carboxylic acids is 2. The van der Waals surface area contributed by atoms with Gasteiger partial charge in [-0.15, -0.1) is 0 Å². The van der Waals surface area contributed by atoms with E-state index < -0.39 is 23.5 Å². The summed E-state index contributed by atoms with van der Waals surface area (Å²) in [4.78, 5) is 69.6. The average molecular weight is 935 g/mol. The fourth-order valence-electron chi connectivity index (χ4n) is 6.97. The van der Waals surface area contributed by atoms with E-state index in [-0.39, 0.29) is 81.9 Å². The molecular formula is C48H44N10Na2O8. The van der Waals surface area contributed by atoms with Gasteiger partial charge < -0.3 is 39.5 Å². The number of aromatic nitrogens is 8. The van der Waals surface area contributed by atoms with Crippen LogP contribution in [0.25, 0.3) is 45.0 Å². The molecule has 8 aromatic rings. The van der Waals surface area contributed by atoms with Crippen molar-refractivity contribution in [3.05, 3.63) is 165 Å². The maximum Gasteiger partial charge on any atom is 1.00 e. The van der Waals surface area contributed by atoms with Crippen molar-refractivity contribution in [3.8, 4) is 45.0 Å². The number of aromatic carboxylic acids is 2. The van der Waals surface area contributed by atoms with Crippen LogP contribution in [0, 0.1) is 0 Å². The molecule has 0 saturated heterocycles. The van der Waals surface area contributed by atoms with Crippen molar-refractivity contribution >= 4 is 23.6 Å². The van der Waals surface area contributed by atoms with Crippen LogP contribution >= 0.6 is 0 Å². The van der Waals surface area contributed by atoms with Gasteiger partial charge >= 0.3 is 70.6 Å². The molecule has 0 bridgehead atoms. The third kappa shape index (κ3) is 13.3. The number of hydrogen-bond donors (Lipinski definition) is 2. The van der Waals surface area contributed by atoms with Gasteiger partial charge in [0.25, 0.3) is 0 Å². The van der Waals surface area contributed by atoms with E-state index in [9.17, 15) is 29.4 Å². The summed E-state index contributed by atoms with van der Waals surface area (Å²) in [6.45, 7) is 6.05. The third-order valence-corrected chi connectivity index (χ3v) is 10.3. The standard InChI is InChI=1S/2C24H23N5O4.2Na/c2*1-2-3-12-29-22(28-24(32)33-29)19-7-5-4-6-18(19)17-10-8-16(9-11-17)13-26-21-20(23(30)31)14-25-15-27-21;;/h2*4-11,14-15H,2-3,12-13H2,1H3,(H,30,31)(H,25,26,27);;/q;;2*+1/p-2. The predicted molar refractivity (Wildman–Crippen MR) is 240 cm³/mol. The second kappa shape index (κ2) is 25.6. The summed E-state index contributed by atoms with van der Waals surface area (Å²) in [6.07, 6.45) is 8.65. The first-order valence-electron chi connectivity index (χ1n) is 21.2. The Labute approximate surface area is 434 Å². The Bertz CT molecular complexity index is 2840. The fourth-order valence-corrected chi connectivity index (χ4v) is 6.97. The molecule has 4 aromatic heterocycles. The van der Waals surface area contributed by atoms with Gasteiger partial charge in [-0.3, -0.25) is 0 Å². The number of benzene rings is 4. The first-order chi connectivity index (χ1) is 32.1. The van der Waals surface area contributed by atoms with Crippen molar-refractivity contribution < 1.29 is 88.0 Å². The Morgan fingerprint density at radius 2 is 0.926 bits per heavy atom. The van der Waals surface area contributed by atoms with Crippen LogP contribution in [0.1, 0.15) is 71.4 Å². The monoisotopic (exact) mass is 934 g/mol. The molecule has 0 atom stereocenters.